The highest BCUT2D eigenvalue weighted by Crippen LogP contribution is 2.55. The van der Waals surface area contributed by atoms with Crippen LogP contribution in [0, 0.1) is 11.8 Å². The van der Waals surface area contributed by atoms with E-state index >= 15 is 0 Å². The zero-order chi connectivity index (χ0) is 34.1. The van der Waals surface area contributed by atoms with Gasteiger partial charge >= 0.3 is 5.97 Å². The van der Waals surface area contributed by atoms with Crippen LogP contribution in [-0.2, 0) is 40.1 Å². The minimum Gasteiger partial charge on any atom is -0.455 e. The molecule has 49 heavy (non-hydrogen) atoms. The third-order valence-corrected chi connectivity index (χ3v) is 9.72. The number of benzene rings is 2. The van der Waals surface area contributed by atoms with Gasteiger partial charge in [-0.3, -0.25) is 19.2 Å². The summed E-state index contributed by atoms with van der Waals surface area (Å²) in [5.74, 6) is -4.06. The number of hydrogen-bond acceptors (Lipinski definition) is 10. The van der Waals surface area contributed by atoms with E-state index in [0.29, 0.717) is 23.0 Å². The second kappa shape index (κ2) is 13.5. The monoisotopic (exact) mass is 670 g/mol. The van der Waals surface area contributed by atoms with Crippen LogP contribution in [0.5, 0.6) is 0 Å². The Morgan fingerprint density at radius 2 is 1.84 bits per heavy atom. The smallest absolute Gasteiger partial charge is 0.313 e. The highest BCUT2D eigenvalue weighted by molar-refractivity contribution is 5.99. The van der Waals surface area contributed by atoms with E-state index in [1.54, 1.807) is 47.2 Å². The van der Waals surface area contributed by atoms with Gasteiger partial charge in [-0.1, -0.05) is 72.0 Å². The number of aliphatic hydroxyl groups is 1. The molecule has 0 aliphatic carbocycles. The number of aromatic nitrogens is 3. The number of cyclic esters (lactones) is 1. The van der Waals surface area contributed by atoms with Crippen molar-refractivity contribution in [3.05, 3.63) is 84.5 Å². The lowest BCUT2D eigenvalue weighted by Crippen LogP contribution is -2.56. The molecule has 1 aromatic heterocycles. The lowest BCUT2D eigenvalue weighted by molar-refractivity contribution is -0.162. The van der Waals surface area contributed by atoms with Crippen LogP contribution in [-0.4, -0.2) is 111 Å². The fourth-order valence-electron chi connectivity index (χ4n) is 7.57. The first-order chi connectivity index (χ1) is 23.9. The first-order valence-corrected chi connectivity index (χ1v) is 16.4. The summed E-state index contributed by atoms with van der Waals surface area (Å²) in [6, 6.07) is 14.5. The number of allylic oxidation sites excluding steroid dienone is 1. The Balaban J connectivity index is 1.29. The van der Waals surface area contributed by atoms with E-state index in [0.717, 1.165) is 0 Å². The van der Waals surface area contributed by atoms with E-state index in [-0.39, 0.29) is 38.7 Å². The van der Waals surface area contributed by atoms with Crippen LogP contribution in [0.25, 0.3) is 11.0 Å². The molecule has 3 amide bonds. The van der Waals surface area contributed by atoms with Gasteiger partial charge in [-0.2, -0.15) is 0 Å². The van der Waals surface area contributed by atoms with Crippen LogP contribution in [0.15, 0.2) is 78.9 Å². The van der Waals surface area contributed by atoms with E-state index < -0.39 is 66.1 Å². The Morgan fingerprint density at radius 1 is 1.04 bits per heavy atom. The minimum atomic E-state index is -1.47. The van der Waals surface area contributed by atoms with Gasteiger partial charge in [0.1, 0.15) is 35.9 Å². The van der Waals surface area contributed by atoms with Gasteiger partial charge < -0.3 is 34.4 Å². The van der Waals surface area contributed by atoms with Crippen molar-refractivity contribution >= 4 is 34.7 Å². The maximum Gasteiger partial charge on any atom is 0.313 e. The maximum atomic E-state index is 14.7. The molecule has 2 fully saturated rings. The SMILES string of the molecule is COC[C@@H]1NC(=O)CC/C=C\CN(Cn2nnc3ccccc32)C(=O)[C@H]2N(CCO)C(=O)[C@@H]3[C@@H](C(=O)O[C@H]1c1ccccc1)[C@H]1C=C[C@]32O1. The number of nitrogens with zero attached hydrogens (tertiary/aromatic N) is 5. The molecule has 0 unspecified atom stereocenters. The Hall–Kier alpha value is -4.92. The predicted molar refractivity (Wildman–Crippen MR) is 173 cm³/mol. The fraction of sp³-hybridized carbons (Fsp3) is 0.429. The molecule has 4 aliphatic rings. The summed E-state index contributed by atoms with van der Waals surface area (Å²) in [5.41, 5.74) is 0.528. The van der Waals surface area contributed by atoms with Crippen molar-refractivity contribution in [2.75, 3.05) is 33.4 Å². The Kier molecular flexibility index (Phi) is 9.01. The molecule has 7 rings (SSSR count). The molecular weight excluding hydrogens is 632 g/mol. The van der Waals surface area contributed by atoms with Gasteiger partial charge in [0.25, 0.3) is 5.91 Å². The summed E-state index contributed by atoms with van der Waals surface area (Å²) >= 11 is 0. The molecule has 5 heterocycles. The number of β-amino-alcohol motifs (C(OH)–C–C–N with tert-alkyl or cyclic N) is 1. The van der Waals surface area contributed by atoms with Gasteiger partial charge in [0.15, 0.2) is 0 Å². The van der Waals surface area contributed by atoms with E-state index in [2.05, 4.69) is 15.6 Å². The van der Waals surface area contributed by atoms with Gasteiger partial charge in [0.2, 0.25) is 11.8 Å². The summed E-state index contributed by atoms with van der Waals surface area (Å²) in [6.07, 6.45) is 5.76. The Bertz CT molecular complexity index is 1790. The zero-order valence-corrected chi connectivity index (χ0v) is 27.0. The molecule has 14 nitrogen and oxygen atoms in total. The number of ether oxygens (including phenoxy) is 3. The lowest BCUT2D eigenvalue weighted by Gasteiger charge is -2.35. The number of carbonyl (C=O) groups excluding carboxylic acids is 4. The number of aliphatic hydroxyl groups excluding tert-OH is 1. The topological polar surface area (TPSA) is 165 Å². The zero-order valence-electron chi connectivity index (χ0n) is 27.0. The molecular formula is C35H38N6O8. The fourth-order valence-corrected chi connectivity index (χ4v) is 7.57. The second-order valence-corrected chi connectivity index (χ2v) is 12.6. The summed E-state index contributed by atoms with van der Waals surface area (Å²) in [6.45, 7) is -0.366. The number of nitrogens with one attached hydrogen (secondary N) is 1. The van der Waals surface area contributed by atoms with Crippen LogP contribution >= 0.6 is 0 Å². The number of amides is 3. The van der Waals surface area contributed by atoms with Crippen LogP contribution in [0.4, 0.5) is 0 Å². The average Bonchev–Trinajstić information content (AvgIpc) is 3.86. The minimum absolute atomic E-state index is 0.00135. The largest absolute Gasteiger partial charge is 0.455 e. The number of esters is 1. The third-order valence-electron chi connectivity index (χ3n) is 9.72. The Labute approximate surface area is 282 Å². The molecule has 14 heteroatoms. The quantitative estimate of drug-likeness (QED) is 0.275. The third kappa shape index (κ3) is 5.79. The number of rotatable bonds is 7. The summed E-state index contributed by atoms with van der Waals surface area (Å²) < 4.78 is 19.7. The highest BCUT2D eigenvalue weighted by atomic mass is 16.6. The van der Waals surface area contributed by atoms with Crippen molar-refractivity contribution in [3.63, 3.8) is 0 Å². The van der Waals surface area contributed by atoms with Gasteiger partial charge in [-0.15, -0.1) is 5.10 Å². The van der Waals surface area contributed by atoms with Crippen molar-refractivity contribution in [1.29, 1.82) is 0 Å². The van der Waals surface area contributed by atoms with E-state index in [1.807, 2.05) is 36.4 Å². The molecule has 0 saturated carbocycles. The molecule has 0 radical (unpaired) electrons. The van der Waals surface area contributed by atoms with Crippen molar-refractivity contribution in [3.8, 4) is 0 Å². The van der Waals surface area contributed by atoms with Crippen LogP contribution in [0.1, 0.15) is 24.5 Å². The molecule has 7 atom stereocenters. The number of methoxy groups -OCH3 is 1. The first-order valence-electron chi connectivity index (χ1n) is 16.4. The number of likely N-dealkylation sites (tertiary alicyclic amines) is 1. The number of para-hydroxylation sites is 1. The Morgan fingerprint density at radius 3 is 2.63 bits per heavy atom. The van der Waals surface area contributed by atoms with Crippen LogP contribution in [0.2, 0.25) is 0 Å². The van der Waals surface area contributed by atoms with Gasteiger partial charge in [0.05, 0.1) is 36.8 Å². The molecule has 1 spiro atoms. The van der Waals surface area contributed by atoms with Gasteiger partial charge in [-0.05, 0) is 24.1 Å². The van der Waals surface area contributed by atoms with E-state index in [9.17, 15) is 24.3 Å². The normalized spacial score (nSPS) is 30.9. The maximum absolute atomic E-state index is 14.7. The standard InChI is InChI=1S/C35H38N6O8/c1-47-20-24-30(22-10-4-2-5-11-22)48-34(46)28-26-15-16-35(49-26)29(28)32(44)40(18-19-42)31(35)33(45)39(17-9-3-6-14-27(43)36-24)21-41-25-13-8-7-12-23(25)37-38-41/h2-5,7-13,15-16,24,26,28-31,42H,6,14,17-21H2,1H3,(H,36,43)/b9-3-/t24-,26+,28-,29-,30-,31+,35-/m0/s1. The number of fused-ring (bicyclic) bond motifs is 3. The van der Waals surface area contributed by atoms with Crippen LogP contribution < -0.4 is 5.32 Å². The molecule has 256 valence electrons. The molecule has 2 aromatic carbocycles. The highest BCUT2D eigenvalue weighted by Gasteiger charge is 2.73. The van der Waals surface area contributed by atoms with E-state index in [1.165, 1.54) is 16.9 Å². The molecule has 4 aliphatic heterocycles. The van der Waals surface area contributed by atoms with Gasteiger partial charge in [0, 0.05) is 26.6 Å². The van der Waals surface area contributed by atoms with Crippen LogP contribution in [0.3, 0.4) is 0 Å². The summed E-state index contributed by atoms with van der Waals surface area (Å²) in [7, 11) is 1.50. The predicted octanol–water partition coefficient (Wildman–Crippen LogP) is 1.13. The van der Waals surface area contributed by atoms with Crippen molar-refractivity contribution in [1.82, 2.24) is 30.1 Å². The van der Waals surface area contributed by atoms with E-state index in [4.69, 9.17) is 14.2 Å². The van der Waals surface area contributed by atoms with Crippen molar-refractivity contribution < 1.29 is 38.5 Å². The van der Waals surface area contributed by atoms with Crippen molar-refractivity contribution in [2.24, 2.45) is 11.8 Å². The summed E-state index contributed by atoms with van der Waals surface area (Å²) in [5, 5.41) is 21.5. The summed E-state index contributed by atoms with van der Waals surface area (Å²) in [4.78, 5) is 59.3. The molecule has 2 saturated heterocycles. The molecule has 2 N–H and O–H groups in total. The molecule has 5 bridgehead atoms. The number of carbonyl (C=O) groups is 4. The number of hydrogen-bond donors (Lipinski definition) is 2. The average molecular weight is 671 g/mol. The van der Waals surface area contributed by atoms with Gasteiger partial charge in [-0.25, -0.2) is 4.68 Å². The second-order valence-electron chi connectivity index (χ2n) is 12.6. The first kappa shape index (κ1) is 32.6. The lowest BCUT2D eigenvalue weighted by atomic mass is 9.74. The molecule has 3 aromatic rings. The van der Waals surface area contributed by atoms with Crippen molar-refractivity contribution in [2.45, 2.75) is 49.4 Å².